The van der Waals surface area contributed by atoms with Gasteiger partial charge in [-0.1, -0.05) is 24.3 Å². The van der Waals surface area contributed by atoms with Gasteiger partial charge in [-0.3, -0.25) is 4.18 Å². The van der Waals surface area contributed by atoms with Gasteiger partial charge in [0.15, 0.2) is 0 Å². The van der Waals surface area contributed by atoms with Crippen molar-refractivity contribution >= 4 is 23.9 Å². The predicted octanol–water partition coefficient (Wildman–Crippen LogP) is 1.86. The summed E-state index contributed by atoms with van der Waals surface area (Å²) in [6.45, 7) is 9.68. The summed E-state index contributed by atoms with van der Waals surface area (Å²) in [6.07, 6.45) is -0.518. The molecule has 0 aliphatic carbocycles. The maximum atomic E-state index is 10.5. The summed E-state index contributed by atoms with van der Waals surface area (Å²) in [7, 11) is -0.422. The number of benzene rings is 1. The van der Waals surface area contributed by atoms with Crippen LogP contribution in [0.4, 0.5) is 0 Å². The molecule has 0 aromatic heterocycles. The van der Waals surface area contributed by atoms with Crippen molar-refractivity contribution in [2.45, 2.75) is 51.9 Å². The monoisotopic (exact) mass is 311 g/mol. The highest BCUT2D eigenvalue weighted by molar-refractivity contribution is 7.74. The normalized spacial score (nSPS) is 23.0. The van der Waals surface area contributed by atoms with E-state index in [-0.39, 0.29) is 11.2 Å². The Morgan fingerprint density at radius 2 is 1.62 bits per heavy atom. The van der Waals surface area contributed by atoms with E-state index in [4.69, 9.17) is 13.5 Å². The van der Waals surface area contributed by atoms with Gasteiger partial charge in [0, 0.05) is 0 Å². The van der Waals surface area contributed by atoms with E-state index in [0.717, 1.165) is 11.0 Å². The SMILES string of the molecule is CC(OS(=O)[O-])c1ccc(B2OC(C)(C)C(C)(C)O2)cc1. The van der Waals surface area contributed by atoms with E-state index >= 15 is 0 Å². The van der Waals surface area contributed by atoms with Crippen molar-refractivity contribution in [3.05, 3.63) is 29.8 Å². The summed E-state index contributed by atoms with van der Waals surface area (Å²) < 4.78 is 37.7. The van der Waals surface area contributed by atoms with Crippen molar-refractivity contribution in [2.75, 3.05) is 0 Å². The molecule has 1 heterocycles. The van der Waals surface area contributed by atoms with E-state index in [1.807, 2.05) is 52.0 Å². The lowest BCUT2D eigenvalue weighted by Gasteiger charge is -2.32. The smallest absolute Gasteiger partial charge is 0.494 e. The van der Waals surface area contributed by atoms with Crippen molar-refractivity contribution in [1.82, 2.24) is 0 Å². The molecule has 1 aliphatic rings. The highest BCUT2D eigenvalue weighted by atomic mass is 32.2. The highest BCUT2D eigenvalue weighted by Gasteiger charge is 2.51. The zero-order valence-electron chi connectivity index (χ0n) is 12.9. The Morgan fingerprint density at radius 3 is 2.05 bits per heavy atom. The van der Waals surface area contributed by atoms with Crippen molar-refractivity contribution in [2.24, 2.45) is 0 Å². The molecule has 1 saturated heterocycles. The van der Waals surface area contributed by atoms with Gasteiger partial charge in [-0.2, -0.15) is 0 Å². The van der Waals surface area contributed by atoms with Crippen LogP contribution in [0.15, 0.2) is 24.3 Å². The maximum absolute atomic E-state index is 10.5. The summed E-state index contributed by atoms with van der Waals surface area (Å²) >= 11 is -2.52. The molecule has 2 rings (SSSR count). The Hall–Kier alpha value is -0.725. The standard InChI is InChI=1S/C14H21BO5S/c1-10(18-21(16)17)11-6-8-12(9-7-11)15-19-13(2,3)14(4,5)20-15/h6-10H,1-5H3,(H,16,17)/p-1. The van der Waals surface area contributed by atoms with Crippen LogP contribution < -0.4 is 5.46 Å². The Bertz CT molecular complexity index is 513. The van der Waals surface area contributed by atoms with Crippen LogP contribution in [-0.2, 0) is 24.9 Å². The van der Waals surface area contributed by atoms with Crippen molar-refractivity contribution in [3.8, 4) is 0 Å². The second kappa shape index (κ2) is 5.81. The molecule has 0 spiro atoms. The minimum Gasteiger partial charge on any atom is -0.750 e. The molecule has 1 fully saturated rings. The van der Waals surface area contributed by atoms with Crippen molar-refractivity contribution in [1.29, 1.82) is 0 Å². The summed E-state index contributed by atoms with van der Waals surface area (Å²) in [6, 6.07) is 7.37. The molecular weight excluding hydrogens is 291 g/mol. The lowest BCUT2D eigenvalue weighted by molar-refractivity contribution is 0.00578. The third-order valence-corrected chi connectivity index (χ3v) is 4.60. The fraction of sp³-hybridized carbons (Fsp3) is 0.571. The van der Waals surface area contributed by atoms with Crippen LogP contribution in [0.2, 0.25) is 0 Å². The second-order valence-electron chi connectivity index (χ2n) is 6.20. The first-order chi connectivity index (χ1) is 9.62. The molecule has 0 amide bonds. The Morgan fingerprint density at radius 1 is 1.14 bits per heavy atom. The lowest BCUT2D eigenvalue weighted by Crippen LogP contribution is -2.41. The molecule has 0 saturated carbocycles. The fourth-order valence-electron chi connectivity index (χ4n) is 2.08. The van der Waals surface area contributed by atoms with E-state index in [0.29, 0.717) is 0 Å². The minimum absolute atomic E-state index is 0.383. The van der Waals surface area contributed by atoms with Gasteiger partial charge in [0.25, 0.3) is 0 Å². The third kappa shape index (κ3) is 3.55. The average Bonchev–Trinajstić information content (AvgIpc) is 2.58. The van der Waals surface area contributed by atoms with Gasteiger partial charge >= 0.3 is 7.12 Å². The first-order valence-corrected chi connectivity index (χ1v) is 7.84. The number of rotatable bonds is 4. The Balaban J connectivity index is 2.12. The van der Waals surface area contributed by atoms with Crippen LogP contribution in [0.3, 0.4) is 0 Å². The van der Waals surface area contributed by atoms with Crippen molar-refractivity contribution in [3.63, 3.8) is 0 Å². The zero-order valence-corrected chi connectivity index (χ0v) is 13.7. The molecule has 0 radical (unpaired) electrons. The zero-order chi connectivity index (χ0) is 15.8. The molecule has 116 valence electrons. The molecule has 2 atom stereocenters. The van der Waals surface area contributed by atoms with Crippen LogP contribution in [-0.4, -0.2) is 27.1 Å². The Labute approximate surface area is 128 Å². The van der Waals surface area contributed by atoms with Crippen LogP contribution >= 0.6 is 0 Å². The first-order valence-electron chi connectivity index (χ1n) is 6.84. The molecule has 0 N–H and O–H groups in total. The van der Waals surface area contributed by atoms with E-state index in [1.165, 1.54) is 0 Å². The fourth-order valence-corrected chi connectivity index (χ4v) is 2.42. The molecule has 1 aromatic rings. The van der Waals surface area contributed by atoms with Crippen LogP contribution in [0.5, 0.6) is 0 Å². The van der Waals surface area contributed by atoms with Gasteiger partial charge in [-0.05, 0) is 45.6 Å². The van der Waals surface area contributed by atoms with Gasteiger partial charge in [-0.15, -0.1) is 0 Å². The van der Waals surface area contributed by atoms with Crippen molar-refractivity contribution < 1.29 is 22.3 Å². The van der Waals surface area contributed by atoms with Gasteiger partial charge in [0.1, 0.15) is 0 Å². The third-order valence-electron chi connectivity index (χ3n) is 4.15. The summed E-state index contributed by atoms with van der Waals surface area (Å²) in [5, 5.41) is 0. The van der Waals surface area contributed by atoms with E-state index in [9.17, 15) is 8.76 Å². The largest absolute Gasteiger partial charge is 0.750 e. The lowest BCUT2D eigenvalue weighted by atomic mass is 9.78. The minimum atomic E-state index is -2.52. The van der Waals surface area contributed by atoms with Gasteiger partial charge in [0.2, 0.25) is 0 Å². The molecule has 5 nitrogen and oxygen atoms in total. The molecule has 7 heteroatoms. The average molecular weight is 311 g/mol. The summed E-state index contributed by atoms with van der Waals surface area (Å²) in [5.74, 6) is 0. The van der Waals surface area contributed by atoms with Crippen LogP contribution in [0, 0.1) is 0 Å². The van der Waals surface area contributed by atoms with E-state index in [2.05, 4.69) is 0 Å². The topological polar surface area (TPSA) is 67.8 Å². The molecule has 2 unspecified atom stereocenters. The highest BCUT2D eigenvalue weighted by Crippen LogP contribution is 2.36. The molecule has 0 bridgehead atoms. The quantitative estimate of drug-likeness (QED) is 0.627. The van der Waals surface area contributed by atoms with Gasteiger partial charge < -0.3 is 13.9 Å². The van der Waals surface area contributed by atoms with Crippen LogP contribution in [0.1, 0.15) is 46.3 Å². The summed E-state index contributed by atoms with van der Waals surface area (Å²) in [4.78, 5) is 0. The predicted molar refractivity (Wildman–Crippen MR) is 80.6 cm³/mol. The molecule has 21 heavy (non-hydrogen) atoms. The van der Waals surface area contributed by atoms with E-state index < -0.39 is 24.6 Å². The maximum Gasteiger partial charge on any atom is 0.494 e. The Kier molecular flexibility index (Phi) is 4.61. The molecular formula is C14H20BO5S-. The second-order valence-corrected chi connectivity index (χ2v) is 6.80. The number of hydrogen-bond donors (Lipinski definition) is 0. The molecule has 1 aromatic carbocycles. The first kappa shape index (κ1) is 16.6. The van der Waals surface area contributed by atoms with Gasteiger partial charge in [-0.25, -0.2) is 4.21 Å². The van der Waals surface area contributed by atoms with Gasteiger partial charge in [0.05, 0.1) is 28.7 Å². The molecule has 1 aliphatic heterocycles. The summed E-state index contributed by atoms with van der Waals surface area (Å²) in [5.41, 5.74) is 0.908. The number of hydrogen-bond acceptors (Lipinski definition) is 5. The van der Waals surface area contributed by atoms with Crippen LogP contribution in [0.25, 0.3) is 0 Å². The van der Waals surface area contributed by atoms with E-state index in [1.54, 1.807) is 6.92 Å².